The SMILES string of the molecule is CN(C1=NC(=O)C(=Cc2ccc3c(cnn3Cc3ccc(Cl)cc3C(F)(F)F)c2)S1)C1CNC(CO)C1. The van der Waals surface area contributed by atoms with E-state index in [4.69, 9.17) is 11.6 Å². The summed E-state index contributed by atoms with van der Waals surface area (Å²) >= 11 is 7.09. The minimum atomic E-state index is -4.53. The fourth-order valence-corrected chi connectivity index (χ4v) is 5.64. The Kier molecular flexibility index (Phi) is 7.06. The number of hydrogen-bond donors (Lipinski definition) is 2. The molecule has 2 aliphatic heterocycles. The number of fused-ring (bicyclic) bond motifs is 1. The average Bonchev–Trinajstić information content (AvgIpc) is 3.58. The van der Waals surface area contributed by atoms with E-state index in [1.807, 2.05) is 18.0 Å². The van der Waals surface area contributed by atoms with Crippen molar-refractivity contribution < 1.29 is 23.1 Å². The Hall–Kier alpha value is -2.86. The molecule has 37 heavy (non-hydrogen) atoms. The summed E-state index contributed by atoms with van der Waals surface area (Å²) in [5, 5.41) is 18.2. The van der Waals surface area contributed by atoms with Crippen LogP contribution in [0.1, 0.15) is 23.1 Å². The average molecular weight is 550 g/mol. The lowest BCUT2D eigenvalue weighted by Gasteiger charge is -2.24. The fraction of sp³-hybridized carbons (Fsp3) is 0.320. The number of aliphatic hydroxyl groups is 1. The molecule has 0 aliphatic carbocycles. The van der Waals surface area contributed by atoms with E-state index in [1.165, 1.54) is 28.6 Å². The van der Waals surface area contributed by atoms with Gasteiger partial charge in [0.2, 0.25) is 0 Å². The Labute approximate surface area is 220 Å². The number of aliphatic imine (C=N–C) groups is 1. The summed E-state index contributed by atoms with van der Waals surface area (Å²) in [4.78, 5) is 19.2. The van der Waals surface area contributed by atoms with Crippen LogP contribution in [0, 0.1) is 0 Å². The second-order valence-electron chi connectivity index (χ2n) is 9.02. The molecule has 7 nitrogen and oxygen atoms in total. The summed E-state index contributed by atoms with van der Waals surface area (Å²) in [6.45, 7) is 0.701. The van der Waals surface area contributed by atoms with E-state index in [1.54, 1.807) is 24.4 Å². The van der Waals surface area contributed by atoms with Crippen molar-refractivity contribution in [1.29, 1.82) is 0 Å². The Balaban J connectivity index is 1.33. The van der Waals surface area contributed by atoms with E-state index in [2.05, 4.69) is 15.4 Å². The number of nitrogens with one attached hydrogen (secondary N) is 1. The molecule has 194 valence electrons. The minimum absolute atomic E-state index is 0.0194. The Bertz CT molecular complexity index is 1420. The topological polar surface area (TPSA) is 82.8 Å². The second-order valence-corrected chi connectivity index (χ2v) is 10.5. The molecule has 0 saturated carbocycles. The maximum atomic E-state index is 13.5. The third-order valence-electron chi connectivity index (χ3n) is 6.54. The van der Waals surface area contributed by atoms with E-state index in [0.717, 1.165) is 23.4 Å². The number of rotatable bonds is 5. The molecule has 2 aromatic carbocycles. The van der Waals surface area contributed by atoms with Gasteiger partial charge in [-0.05, 0) is 59.7 Å². The predicted molar refractivity (Wildman–Crippen MR) is 138 cm³/mol. The van der Waals surface area contributed by atoms with Crippen LogP contribution < -0.4 is 5.32 Å². The molecule has 1 fully saturated rings. The van der Waals surface area contributed by atoms with Gasteiger partial charge in [0.15, 0.2) is 5.17 Å². The molecule has 0 bridgehead atoms. The van der Waals surface area contributed by atoms with Crippen molar-refractivity contribution in [2.45, 2.75) is 31.2 Å². The van der Waals surface area contributed by atoms with Crippen molar-refractivity contribution in [3.8, 4) is 0 Å². The highest BCUT2D eigenvalue weighted by atomic mass is 35.5. The van der Waals surface area contributed by atoms with Crippen molar-refractivity contribution in [2.24, 2.45) is 4.99 Å². The number of hydrogen-bond acceptors (Lipinski definition) is 6. The van der Waals surface area contributed by atoms with Crippen LogP contribution in [0.15, 0.2) is 52.5 Å². The Morgan fingerprint density at radius 2 is 2.11 bits per heavy atom. The summed E-state index contributed by atoms with van der Waals surface area (Å²) < 4.78 is 42.0. The molecule has 2 atom stereocenters. The van der Waals surface area contributed by atoms with Crippen molar-refractivity contribution in [1.82, 2.24) is 20.0 Å². The van der Waals surface area contributed by atoms with Crippen LogP contribution in [0.3, 0.4) is 0 Å². The number of aliphatic hydroxyl groups excluding tert-OH is 1. The number of amides is 1. The molecule has 2 unspecified atom stereocenters. The Morgan fingerprint density at radius 1 is 1.30 bits per heavy atom. The molecule has 2 aliphatic rings. The number of benzene rings is 2. The molecule has 2 N–H and O–H groups in total. The zero-order valence-corrected chi connectivity index (χ0v) is 21.2. The third kappa shape index (κ3) is 5.40. The first kappa shape index (κ1) is 25.8. The highest BCUT2D eigenvalue weighted by Gasteiger charge is 2.34. The van der Waals surface area contributed by atoms with Crippen molar-refractivity contribution in [3.05, 3.63) is 69.2 Å². The van der Waals surface area contributed by atoms with Gasteiger partial charge in [-0.2, -0.15) is 23.3 Å². The molecule has 1 amide bonds. The highest BCUT2D eigenvalue weighted by Crippen LogP contribution is 2.35. The zero-order valence-electron chi connectivity index (χ0n) is 19.7. The first-order chi connectivity index (χ1) is 17.6. The number of carbonyl (C=O) groups excluding carboxylic acids is 1. The number of amidine groups is 1. The van der Waals surface area contributed by atoms with Crippen LogP contribution in [0.2, 0.25) is 5.02 Å². The van der Waals surface area contributed by atoms with Crippen LogP contribution in [-0.2, 0) is 17.5 Å². The van der Waals surface area contributed by atoms with Gasteiger partial charge in [-0.15, -0.1) is 0 Å². The molecule has 0 radical (unpaired) electrons. The third-order valence-corrected chi connectivity index (χ3v) is 7.85. The van der Waals surface area contributed by atoms with E-state index in [0.29, 0.717) is 22.1 Å². The van der Waals surface area contributed by atoms with Gasteiger partial charge in [0.1, 0.15) is 0 Å². The number of halogens is 4. The Morgan fingerprint density at radius 3 is 2.84 bits per heavy atom. The first-order valence-corrected chi connectivity index (χ1v) is 12.7. The highest BCUT2D eigenvalue weighted by molar-refractivity contribution is 8.18. The van der Waals surface area contributed by atoms with E-state index in [-0.39, 0.29) is 41.7 Å². The molecular formula is C25H23ClF3N5O2S. The van der Waals surface area contributed by atoms with E-state index < -0.39 is 11.7 Å². The van der Waals surface area contributed by atoms with Crippen molar-refractivity contribution in [2.75, 3.05) is 20.2 Å². The van der Waals surface area contributed by atoms with Crippen LogP contribution in [0.5, 0.6) is 0 Å². The standard InChI is InChI=1S/C25H23ClF3N5O2S/c1-33(19-9-18(13-35)30-11-19)24-32-23(36)22(37-24)7-14-2-5-21-16(6-14)10-31-34(21)12-15-3-4-17(26)8-20(15)25(27,28)29/h2-8,10,18-19,30,35H,9,11-13H2,1H3. The maximum absolute atomic E-state index is 13.5. The molecule has 5 rings (SSSR count). The first-order valence-electron chi connectivity index (χ1n) is 11.5. The van der Waals surface area contributed by atoms with Gasteiger partial charge < -0.3 is 15.3 Å². The normalized spacial score (nSPS) is 21.3. The molecular weight excluding hydrogens is 527 g/mol. The van der Waals surface area contributed by atoms with Crippen LogP contribution >= 0.6 is 23.4 Å². The predicted octanol–water partition coefficient (Wildman–Crippen LogP) is 4.38. The summed E-state index contributed by atoms with van der Waals surface area (Å²) in [6.07, 6.45) is -0.429. The van der Waals surface area contributed by atoms with Crippen LogP contribution in [0.25, 0.3) is 17.0 Å². The zero-order chi connectivity index (χ0) is 26.3. The van der Waals surface area contributed by atoms with E-state index >= 15 is 0 Å². The molecule has 0 spiro atoms. The smallest absolute Gasteiger partial charge is 0.395 e. The van der Waals surface area contributed by atoms with Gasteiger partial charge in [0, 0.05) is 36.1 Å². The van der Waals surface area contributed by atoms with Crippen LogP contribution in [-0.4, -0.2) is 63.1 Å². The molecule has 3 aromatic rings. The van der Waals surface area contributed by atoms with Gasteiger partial charge >= 0.3 is 6.18 Å². The monoisotopic (exact) mass is 549 g/mol. The molecule has 12 heteroatoms. The summed E-state index contributed by atoms with van der Waals surface area (Å²) in [6, 6.07) is 9.29. The molecule has 1 saturated heterocycles. The van der Waals surface area contributed by atoms with Gasteiger partial charge in [-0.3, -0.25) is 9.48 Å². The minimum Gasteiger partial charge on any atom is -0.395 e. The fourth-order valence-electron chi connectivity index (χ4n) is 4.52. The van der Waals surface area contributed by atoms with Gasteiger partial charge in [-0.25, -0.2) is 0 Å². The number of aromatic nitrogens is 2. The largest absolute Gasteiger partial charge is 0.416 e. The molecule has 1 aromatic heterocycles. The maximum Gasteiger partial charge on any atom is 0.416 e. The number of nitrogens with zero attached hydrogens (tertiary/aromatic N) is 4. The lowest BCUT2D eigenvalue weighted by atomic mass is 10.1. The lowest BCUT2D eigenvalue weighted by Crippen LogP contribution is -2.36. The quantitative estimate of drug-likeness (QED) is 0.460. The number of thioether (sulfide) groups is 1. The summed E-state index contributed by atoms with van der Waals surface area (Å²) in [5.74, 6) is -0.324. The van der Waals surface area contributed by atoms with Gasteiger partial charge in [0.25, 0.3) is 5.91 Å². The second kappa shape index (κ2) is 10.1. The number of likely N-dealkylation sites (N-methyl/N-ethyl adjacent to an activating group) is 1. The molecule has 3 heterocycles. The van der Waals surface area contributed by atoms with Crippen molar-refractivity contribution >= 4 is 51.4 Å². The number of alkyl halides is 3. The lowest BCUT2D eigenvalue weighted by molar-refractivity contribution is -0.138. The van der Waals surface area contributed by atoms with Gasteiger partial charge in [0.05, 0.1) is 35.3 Å². The van der Waals surface area contributed by atoms with Crippen LogP contribution in [0.4, 0.5) is 13.2 Å². The van der Waals surface area contributed by atoms with Gasteiger partial charge in [-0.1, -0.05) is 23.7 Å². The van der Waals surface area contributed by atoms with E-state index in [9.17, 15) is 23.1 Å². The van der Waals surface area contributed by atoms with Crippen molar-refractivity contribution in [3.63, 3.8) is 0 Å². The summed E-state index contributed by atoms with van der Waals surface area (Å²) in [5.41, 5.74) is 0.701. The summed E-state index contributed by atoms with van der Waals surface area (Å²) in [7, 11) is 1.89. The number of carbonyl (C=O) groups is 1.